The van der Waals surface area contributed by atoms with E-state index in [-0.39, 0.29) is 16.9 Å². The van der Waals surface area contributed by atoms with Crippen LogP contribution in [0.2, 0.25) is 5.02 Å². The second-order valence-electron chi connectivity index (χ2n) is 5.30. The summed E-state index contributed by atoms with van der Waals surface area (Å²) < 4.78 is 10.00. The van der Waals surface area contributed by atoms with Crippen molar-refractivity contribution in [1.82, 2.24) is 0 Å². The number of cyclic esters (lactones) is 2. The number of ether oxygens (including phenoxy) is 2. The Bertz CT molecular complexity index is 651. The first-order valence-corrected chi connectivity index (χ1v) is 6.67. The first kappa shape index (κ1) is 15.4. The van der Waals surface area contributed by atoms with Gasteiger partial charge >= 0.3 is 11.9 Å². The molecule has 0 atom stereocenters. The van der Waals surface area contributed by atoms with Crippen LogP contribution in [0.4, 0.5) is 0 Å². The number of hydrogen-bond acceptors (Lipinski definition) is 5. The van der Waals surface area contributed by atoms with Gasteiger partial charge < -0.3 is 14.6 Å². The van der Waals surface area contributed by atoms with Crippen LogP contribution in [-0.2, 0) is 19.1 Å². The highest BCUT2D eigenvalue weighted by atomic mass is 35.5. The number of carbonyl (C=O) groups is 2. The van der Waals surface area contributed by atoms with Gasteiger partial charge in [-0.1, -0.05) is 11.6 Å². The maximum absolute atomic E-state index is 11.9. The lowest BCUT2D eigenvalue weighted by atomic mass is 10.0. The average Bonchev–Trinajstić information content (AvgIpc) is 2.33. The van der Waals surface area contributed by atoms with Crippen LogP contribution >= 0.6 is 11.6 Å². The summed E-state index contributed by atoms with van der Waals surface area (Å²) in [6, 6.07) is 1.46. The van der Waals surface area contributed by atoms with Gasteiger partial charge in [-0.15, -0.1) is 0 Å². The van der Waals surface area contributed by atoms with Crippen LogP contribution in [0.15, 0.2) is 11.6 Å². The van der Waals surface area contributed by atoms with E-state index in [2.05, 4.69) is 0 Å². The molecule has 0 bridgehead atoms. The molecule has 0 saturated carbocycles. The molecule has 1 aliphatic heterocycles. The van der Waals surface area contributed by atoms with Gasteiger partial charge in [-0.2, -0.15) is 0 Å². The maximum Gasteiger partial charge on any atom is 0.348 e. The van der Waals surface area contributed by atoms with Crippen molar-refractivity contribution < 1.29 is 24.2 Å². The van der Waals surface area contributed by atoms with Crippen molar-refractivity contribution in [3.63, 3.8) is 0 Å². The molecule has 0 amide bonds. The molecular formula is C15H15ClO5. The predicted octanol–water partition coefficient (Wildman–Crippen LogP) is 2.88. The van der Waals surface area contributed by atoms with Crippen LogP contribution in [0, 0.1) is 13.8 Å². The minimum absolute atomic E-state index is 0.0765. The molecule has 0 aliphatic carbocycles. The third kappa shape index (κ3) is 2.88. The number of benzene rings is 1. The second-order valence-corrected chi connectivity index (χ2v) is 5.68. The molecule has 1 aromatic carbocycles. The molecule has 21 heavy (non-hydrogen) atoms. The Labute approximate surface area is 127 Å². The Morgan fingerprint density at radius 1 is 1.19 bits per heavy atom. The van der Waals surface area contributed by atoms with Crippen LogP contribution < -0.4 is 0 Å². The number of aryl methyl sites for hydroxylation is 1. The Kier molecular flexibility index (Phi) is 3.72. The summed E-state index contributed by atoms with van der Waals surface area (Å²) in [5.41, 5.74) is 1.26. The fraction of sp³-hybridized carbons (Fsp3) is 0.333. The van der Waals surface area contributed by atoms with Crippen molar-refractivity contribution in [2.75, 3.05) is 0 Å². The van der Waals surface area contributed by atoms with Crippen LogP contribution in [0.3, 0.4) is 0 Å². The summed E-state index contributed by atoms with van der Waals surface area (Å²) in [6.07, 6.45) is 1.23. The third-order valence-corrected chi connectivity index (χ3v) is 3.70. The summed E-state index contributed by atoms with van der Waals surface area (Å²) in [5, 5.41) is 10.5. The Morgan fingerprint density at radius 2 is 1.71 bits per heavy atom. The summed E-state index contributed by atoms with van der Waals surface area (Å²) in [5.74, 6) is -2.97. The molecule has 1 aromatic rings. The second kappa shape index (κ2) is 5.07. The molecular weight excluding hydrogens is 296 g/mol. The van der Waals surface area contributed by atoms with Crippen LogP contribution in [-0.4, -0.2) is 22.8 Å². The van der Waals surface area contributed by atoms with E-state index in [4.69, 9.17) is 21.1 Å². The van der Waals surface area contributed by atoms with Gasteiger partial charge in [0.2, 0.25) is 0 Å². The molecule has 112 valence electrons. The number of carbonyl (C=O) groups excluding carboxylic acids is 2. The lowest BCUT2D eigenvalue weighted by Gasteiger charge is -2.29. The van der Waals surface area contributed by atoms with E-state index in [1.807, 2.05) is 0 Å². The molecule has 1 fully saturated rings. The van der Waals surface area contributed by atoms with E-state index >= 15 is 0 Å². The normalized spacial score (nSPS) is 17.3. The minimum Gasteiger partial charge on any atom is -0.507 e. The summed E-state index contributed by atoms with van der Waals surface area (Å²) >= 11 is 6.12. The summed E-state index contributed by atoms with van der Waals surface area (Å²) in [4.78, 5) is 23.8. The molecule has 2 rings (SSSR count). The van der Waals surface area contributed by atoms with Gasteiger partial charge in [0.05, 0.1) is 0 Å². The molecule has 0 unspecified atom stereocenters. The van der Waals surface area contributed by atoms with E-state index in [1.54, 1.807) is 13.8 Å². The van der Waals surface area contributed by atoms with Gasteiger partial charge in [-0.25, -0.2) is 9.59 Å². The van der Waals surface area contributed by atoms with Crippen molar-refractivity contribution in [2.24, 2.45) is 0 Å². The first-order chi connectivity index (χ1) is 9.62. The van der Waals surface area contributed by atoms with E-state index < -0.39 is 17.7 Å². The van der Waals surface area contributed by atoms with Crippen molar-refractivity contribution in [1.29, 1.82) is 0 Å². The van der Waals surface area contributed by atoms with Gasteiger partial charge in [0.15, 0.2) is 0 Å². The number of rotatable bonds is 1. The van der Waals surface area contributed by atoms with Crippen molar-refractivity contribution >= 4 is 29.6 Å². The highest BCUT2D eigenvalue weighted by Crippen LogP contribution is 2.33. The van der Waals surface area contributed by atoms with E-state index in [9.17, 15) is 14.7 Å². The molecule has 0 aromatic heterocycles. The van der Waals surface area contributed by atoms with Gasteiger partial charge in [0, 0.05) is 24.4 Å². The molecule has 5 nitrogen and oxygen atoms in total. The number of esters is 2. The zero-order chi connectivity index (χ0) is 15.9. The van der Waals surface area contributed by atoms with Crippen LogP contribution in [0.25, 0.3) is 6.08 Å². The topological polar surface area (TPSA) is 72.8 Å². The molecule has 0 spiro atoms. The SMILES string of the molecule is Cc1cc(O)c(C=C2C(=O)OC(C)(C)OC2=O)c(C)c1Cl. The van der Waals surface area contributed by atoms with Gasteiger partial charge in [-0.05, 0) is 37.1 Å². The standard InChI is InChI=1S/C15H15ClO5/c1-7-5-11(17)9(8(2)12(7)16)6-10-13(18)20-15(3,4)21-14(10)19/h5-6,17H,1-4H3. The quantitative estimate of drug-likeness (QED) is 0.490. The molecule has 1 N–H and O–H groups in total. The fourth-order valence-corrected chi connectivity index (χ4v) is 2.21. The number of halogens is 1. The number of hydrogen-bond donors (Lipinski definition) is 1. The predicted molar refractivity (Wildman–Crippen MR) is 76.8 cm³/mol. The minimum atomic E-state index is -1.30. The number of aromatic hydroxyl groups is 1. The highest BCUT2D eigenvalue weighted by molar-refractivity contribution is 6.32. The van der Waals surface area contributed by atoms with Crippen LogP contribution in [0.1, 0.15) is 30.5 Å². The largest absolute Gasteiger partial charge is 0.507 e. The molecule has 6 heteroatoms. The van der Waals surface area contributed by atoms with Crippen molar-refractivity contribution in [3.8, 4) is 5.75 Å². The Morgan fingerprint density at radius 3 is 2.24 bits per heavy atom. The van der Waals surface area contributed by atoms with Gasteiger partial charge in [0.25, 0.3) is 5.79 Å². The first-order valence-electron chi connectivity index (χ1n) is 6.29. The fourth-order valence-electron chi connectivity index (χ4n) is 2.06. The maximum atomic E-state index is 11.9. The Hall–Kier alpha value is -2.01. The number of phenols is 1. The summed E-state index contributed by atoms with van der Waals surface area (Å²) in [6.45, 7) is 6.36. The van der Waals surface area contributed by atoms with Crippen molar-refractivity contribution in [2.45, 2.75) is 33.5 Å². The molecule has 1 aliphatic rings. The monoisotopic (exact) mass is 310 g/mol. The zero-order valence-corrected chi connectivity index (χ0v) is 12.9. The highest BCUT2D eigenvalue weighted by Gasteiger charge is 2.39. The lowest BCUT2D eigenvalue weighted by molar-refractivity contribution is -0.222. The number of phenolic OH excluding ortho intramolecular Hbond substituents is 1. The van der Waals surface area contributed by atoms with Gasteiger partial charge in [0.1, 0.15) is 11.3 Å². The van der Waals surface area contributed by atoms with E-state index in [0.717, 1.165) is 0 Å². The molecule has 1 saturated heterocycles. The lowest BCUT2D eigenvalue weighted by Crippen LogP contribution is -2.41. The molecule has 1 heterocycles. The van der Waals surface area contributed by atoms with Crippen molar-refractivity contribution in [3.05, 3.63) is 33.4 Å². The summed E-state index contributed by atoms with van der Waals surface area (Å²) in [7, 11) is 0. The van der Waals surface area contributed by atoms with Gasteiger partial charge in [-0.3, -0.25) is 0 Å². The average molecular weight is 311 g/mol. The van der Waals surface area contributed by atoms with E-state index in [1.165, 1.54) is 26.0 Å². The Balaban J connectivity index is 2.53. The van der Waals surface area contributed by atoms with Crippen LogP contribution in [0.5, 0.6) is 5.75 Å². The van der Waals surface area contributed by atoms with E-state index in [0.29, 0.717) is 16.1 Å². The smallest absolute Gasteiger partial charge is 0.348 e. The molecule has 0 radical (unpaired) electrons. The zero-order valence-electron chi connectivity index (χ0n) is 12.1. The third-order valence-electron chi connectivity index (χ3n) is 3.11.